The van der Waals surface area contributed by atoms with Gasteiger partial charge in [-0.05, 0) is 23.6 Å². The van der Waals surface area contributed by atoms with Gasteiger partial charge in [-0.15, -0.1) is 0 Å². The number of pyridine rings is 1. The summed E-state index contributed by atoms with van der Waals surface area (Å²) < 4.78 is 6.97. The molecule has 2 heterocycles. The van der Waals surface area contributed by atoms with Gasteiger partial charge in [0.2, 0.25) is 11.8 Å². The van der Waals surface area contributed by atoms with E-state index in [1.54, 1.807) is 31.3 Å². The number of para-hydroxylation sites is 1. The number of benzene rings is 1. The number of carbonyl (C=O) groups excluding carboxylic acids is 1. The van der Waals surface area contributed by atoms with Gasteiger partial charge in [0.25, 0.3) is 0 Å². The molecule has 1 amide bonds. The zero-order chi connectivity index (χ0) is 15.5. The molecular weight excluding hydrogens is 278 g/mol. The number of methoxy groups -OCH3 is 1. The van der Waals surface area contributed by atoms with Crippen molar-refractivity contribution < 1.29 is 9.53 Å². The van der Waals surface area contributed by atoms with Gasteiger partial charge >= 0.3 is 0 Å². The van der Waals surface area contributed by atoms with Crippen LogP contribution in [0.25, 0.3) is 10.9 Å². The molecule has 0 saturated carbocycles. The zero-order valence-corrected chi connectivity index (χ0v) is 12.6. The highest BCUT2D eigenvalue weighted by atomic mass is 16.5. The molecule has 0 N–H and O–H groups in total. The predicted molar refractivity (Wildman–Crippen MR) is 86.1 cm³/mol. The number of ether oxygens (including phenoxy) is 1. The van der Waals surface area contributed by atoms with Crippen LogP contribution in [-0.4, -0.2) is 29.6 Å². The van der Waals surface area contributed by atoms with Crippen LogP contribution in [0.2, 0.25) is 0 Å². The van der Waals surface area contributed by atoms with Crippen molar-refractivity contribution in [2.24, 2.45) is 0 Å². The van der Waals surface area contributed by atoms with Gasteiger partial charge in [0.05, 0.1) is 19.0 Å². The van der Waals surface area contributed by atoms with E-state index in [0.29, 0.717) is 5.88 Å². The molecule has 0 radical (unpaired) electrons. The molecule has 0 saturated heterocycles. The number of hydrogen-bond acceptors (Lipinski definition) is 3. The van der Waals surface area contributed by atoms with E-state index >= 15 is 0 Å². The lowest BCUT2D eigenvalue weighted by Gasteiger charge is -2.18. The Morgan fingerprint density at radius 1 is 1.23 bits per heavy atom. The second kappa shape index (κ2) is 5.89. The molecule has 0 aliphatic carbocycles. The normalized spacial score (nSPS) is 10.6. The summed E-state index contributed by atoms with van der Waals surface area (Å²) >= 11 is 0. The Labute approximate surface area is 128 Å². The maximum atomic E-state index is 12.5. The minimum Gasteiger partial charge on any atom is -0.481 e. The first-order chi connectivity index (χ1) is 10.7. The largest absolute Gasteiger partial charge is 0.481 e. The summed E-state index contributed by atoms with van der Waals surface area (Å²) in [5.74, 6) is 0.523. The molecule has 0 aliphatic heterocycles. The van der Waals surface area contributed by atoms with E-state index in [2.05, 4.69) is 4.98 Å². The lowest BCUT2D eigenvalue weighted by Crippen LogP contribution is -2.29. The molecule has 0 atom stereocenters. The van der Waals surface area contributed by atoms with E-state index in [1.165, 1.54) is 0 Å². The van der Waals surface area contributed by atoms with E-state index in [-0.39, 0.29) is 12.5 Å². The predicted octanol–water partition coefficient (Wildman–Crippen LogP) is 2.71. The molecule has 22 heavy (non-hydrogen) atoms. The smallest absolute Gasteiger partial charge is 0.246 e. The van der Waals surface area contributed by atoms with Crippen molar-refractivity contribution in [2.75, 3.05) is 19.1 Å². The van der Waals surface area contributed by atoms with Gasteiger partial charge in [-0.25, -0.2) is 4.98 Å². The fourth-order valence-electron chi connectivity index (χ4n) is 2.37. The van der Waals surface area contributed by atoms with Crippen LogP contribution < -0.4 is 9.64 Å². The van der Waals surface area contributed by atoms with Crippen LogP contribution in [0.15, 0.2) is 54.9 Å². The minimum atomic E-state index is -0.00619. The van der Waals surface area contributed by atoms with Gasteiger partial charge in [-0.2, -0.15) is 0 Å². The average molecular weight is 295 g/mol. The number of fused-ring (bicyclic) bond motifs is 1. The number of nitrogens with zero attached hydrogens (tertiary/aromatic N) is 3. The van der Waals surface area contributed by atoms with Crippen LogP contribution in [0.4, 0.5) is 5.69 Å². The summed E-state index contributed by atoms with van der Waals surface area (Å²) in [6.45, 7) is 0.288. The summed E-state index contributed by atoms with van der Waals surface area (Å²) in [5.41, 5.74) is 1.79. The van der Waals surface area contributed by atoms with Crippen molar-refractivity contribution in [2.45, 2.75) is 6.54 Å². The van der Waals surface area contributed by atoms with Crippen LogP contribution in [0.5, 0.6) is 5.88 Å². The van der Waals surface area contributed by atoms with Crippen LogP contribution in [0, 0.1) is 0 Å². The monoisotopic (exact) mass is 295 g/mol. The summed E-state index contributed by atoms with van der Waals surface area (Å²) in [6.07, 6.45) is 3.56. The maximum absolute atomic E-state index is 12.5. The second-order valence-corrected chi connectivity index (χ2v) is 5.01. The first-order valence-corrected chi connectivity index (χ1v) is 6.99. The Balaban J connectivity index is 1.78. The van der Waals surface area contributed by atoms with E-state index in [9.17, 15) is 4.79 Å². The summed E-state index contributed by atoms with van der Waals surface area (Å²) in [5, 5.41) is 1.13. The van der Waals surface area contributed by atoms with Crippen molar-refractivity contribution in [1.29, 1.82) is 0 Å². The quantitative estimate of drug-likeness (QED) is 0.743. The number of carbonyl (C=O) groups is 1. The van der Waals surface area contributed by atoms with Crippen molar-refractivity contribution in [1.82, 2.24) is 9.55 Å². The van der Waals surface area contributed by atoms with Gasteiger partial charge in [0.1, 0.15) is 6.54 Å². The Morgan fingerprint density at radius 3 is 2.77 bits per heavy atom. The molecule has 0 aliphatic rings. The number of anilines is 1. The van der Waals surface area contributed by atoms with Gasteiger partial charge in [-0.3, -0.25) is 4.79 Å². The zero-order valence-electron chi connectivity index (χ0n) is 12.6. The molecule has 0 fully saturated rings. The first-order valence-electron chi connectivity index (χ1n) is 6.99. The van der Waals surface area contributed by atoms with Crippen LogP contribution in [0.3, 0.4) is 0 Å². The van der Waals surface area contributed by atoms with Gasteiger partial charge in [0.15, 0.2) is 0 Å². The Morgan fingerprint density at radius 2 is 2.05 bits per heavy atom. The summed E-state index contributed by atoms with van der Waals surface area (Å²) in [6, 6.07) is 13.6. The SMILES string of the molecule is COc1ccc(N(C)C(=O)Cn2ccc3ccccc32)cn1. The number of likely N-dealkylation sites (N-methyl/N-ethyl adjacent to an activating group) is 1. The third-order valence-electron chi connectivity index (χ3n) is 3.68. The van der Waals surface area contributed by atoms with Crippen LogP contribution >= 0.6 is 0 Å². The van der Waals surface area contributed by atoms with E-state index in [0.717, 1.165) is 16.6 Å². The van der Waals surface area contributed by atoms with Crippen molar-refractivity contribution in [3.8, 4) is 5.88 Å². The highest BCUT2D eigenvalue weighted by molar-refractivity contribution is 5.93. The minimum absolute atomic E-state index is 0.00619. The van der Waals surface area contributed by atoms with Gasteiger partial charge < -0.3 is 14.2 Å². The molecule has 0 spiro atoms. The number of rotatable bonds is 4. The Bertz CT molecular complexity index is 793. The van der Waals surface area contributed by atoms with E-state index < -0.39 is 0 Å². The van der Waals surface area contributed by atoms with Gasteiger partial charge in [0, 0.05) is 24.8 Å². The maximum Gasteiger partial charge on any atom is 0.246 e. The molecule has 2 aromatic heterocycles. The van der Waals surface area contributed by atoms with E-state index in [4.69, 9.17) is 4.74 Å². The average Bonchev–Trinajstić information content (AvgIpc) is 2.97. The second-order valence-electron chi connectivity index (χ2n) is 5.01. The van der Waals surface area contributed by atoms with Crippen LogP contribution in [-0.2, 0) is 11.3 Å². The lowest BCUT2D eigenvalue weighted by molar-refractivity contribution is -0.118. The van der Waals surface area contributed by atoms with Gasteiger partial charge in [-0.1, -0.05) is 18.2 Å². The molecule has 112 valence electrons. The molecule has 5 heteroatoms. The fraction of sp³-hybridized carbons (Fsp3) is 0.176. The van der Waals surface area contributed by atoms with E-state index in [1.807, 2.05) is 47.2 Å². The highest BCUT2D eigenvalue weighted by Crippen LogP contribution is 2.18. The molecule has 1 aromatic carbocycles. The Hall–Kier alpha value is -2.82. The third-order valence-corrected chi connectivity index (χ3v) is 3.68. The van der Waals surface area contributed by atoms with Crippen molar-refractivity contribution in [3.63, 3.8) is 0 Å². The standard InChI is InChI=1S/C17H17N3O2/c1-19(14-7-8-16(22-2)18-11-14)17(21)12-20-10-9-13-5-3-4-6-15(13)20/h3-11H,12H2,1-2H3. The van der Waals surface area contributed by atoms with Crippen molar-refractivity contribution in [3.05, 3.63) is 54.9 Å². The Kier molecular flexibility index (Phi) is 3.78. The molecule has 0 bridgehead atoms. The fourth-order valence-corrected chi connectivity index (χ4v) is 2.37. The highest BCUT2D eigenvalue weighted by Gasteiger charge is 2.13. The summed E-state index contributed by atoms with van der Waals surface area (Å²) in [4.78, 5) is 18.2. The first kappa shape index (κ1) is 14.1. The molecule has 5 nitrogen and oxygen atoms in total. The number of aromatic nitrogens is 2. The number of amides is 1. The third kappa shape index (κ3) is 2.65. The molecule has 0 unspecified atom stereocenters. The van der Waals surface area contributed by atoms with Crippen molar-refractivity contribution >= 4 is 22.5 Å². The molecule has 3 aromatic rings. The van der Waals surface area contributed by atoms with Crippen LogP contribution in [0.1, 0.15) is 0 Å². The molecule has 3 rings (SSSR count). The summed E-state index contributed by atoms with van der Waals surface area (Å²) in [7, 11) is 3.31. The lowest BCUT2D eigenvalue weighted by atomic mass is 10.2. The topological polar surface area (TPSA) is 47.4 Å². The molecular formula is C17H17N3O2. The number of hydrogen-bond donors (Lipinski definition) is 0.